The van der Waals surface area contributed by atoms with Crippen LogP contribution in [-0.2, 0) is 4.79 Å². The van der Waals surface area contributed by atoms with Crippen molar-refractivity contribution in [3.8, 4) is 0 Å². The molecule has 0 radical (unpaired) electrons. The summed E-state index contributed by atoms with van der Waals surface area (Å²) in [7, 11) is 0. The molecular weight excluding hydrogens is 239 g/mol. The molecule has 0 aliphatic carbocycles. The Hall–Kier alpha value is -1.98. The SMILES string of the molecule is O=C(O)[C@H]1CCCCN1C(=O)c1cccnc1F. The highest BCUT2D eigenvalue weighted by molar-refractivity contribution is 5.96. The second kappa shape index (κ2) is 5.12. The molecule has 1 saturated heterocycles. The lowest BCUT2D eigenvalue weighted by Crippen LogP contribution is -2.48. The van der Waals surface area contributed by atoms with E-state index >= 15 is 0 Å². The molecule has 0 bridgehead atoms. The predicted molar refractivity (Wildman–Crippen MR) is 60.5 cm³/mol. The van der Waals surface area contributed by atoms with Gasteiger partial charge in [0.15, 0.2) is 0 Å². The summed E-state index contributed by atoms with van der Waals surface area (Å²) in [6.45, 7) is 0.337. The van der Waals surface area contributed by atoms with Gasteiger partial charge in [-0.05, 0) is 31.4 Å². The number of carbonyl (C=O) groups is 2. The minimum atomic E-state index is -1.05. The molecule has 1 amide bonds. The number of aliphatic carboxylic acids is 1. The monoisotopic (exact) mass is 252 g/mol. The summed E-state index contributed by atoms with van der Waals surface area (Å²) in [5, 5.41) is 9.07. The second-order valence-electron chi connectivity index (χ2n) is 4.19. The molecule has 5 nitrogen and oxygen atoms in total. The summed E-state index contributed by atoms with van der Waals surface area (Å²) in [5.74, 6) is -2.52. The van der Waals surface area contributed by atoms with E-state index in [0.717, 1.165) is 12.8 Å². The number of rotatable bonds is 2. The van der Waals surface area contributed by atoms with Gasteiger partial charge in [-0.2, -0.15) is 4.39 Å². The molecule has 2 heterocycles. The minimum Gasteiger partial charge on any atom is -0.480 e. The predicted octanol–water partition coefficient (Wildman–Crippen LogP) is 1.30. The van der Waals surface area contributed by atoms with Crippen LogP contribution in [0, 0.1) is 5.95 Å². The summed E-state index contributed by atoms with van der Waals surface area (Å²) in [4.78, 5) is 27.8. The highest BCUT2D eigenvalue weighted by atomic mass is 19.1. The van der Waals surface area contributed by atoms with Gasteiger partial charge in [-0.25, -0.2) is 9.78 Å². The summed E-state index contributed by atoms with van der Waals surface area (Å²) in [6, 6.07) is 1.90. The molecule has 0 unspecified atom stereocenters. The van der Waals surface area contributed by atoms with Crippen molar-refractivity contribution < 1.29 is 19.1 Å². The number of hydrogen-bond acceptors (Lipinski definition) is 3. The van der Waals surface area contributed by atoms with Gasteiger partial charge in [0.2, 0.25) is 5.95 Å². The molecule has 18 heavy (non-hydrogen) atoms. The van der Waals surface area contributed by atoms with E-state index in [1.54, 1.807) is 0 Å². The highest BCUT2D eigenvalue weighted by Gasteiger charge is 2.33. The molecule has 2 rings (SSSR count). The quantitative estimate of drug-likeness (QED) is 0.805. The van der Waals surface area contributed by atoms with E-state index in [0.29, 0.717) is 13.0 Å². The number of amides is 1. The third-order valence-electron chi connectivity index (χ3n) is 3.04. The van der Waals surface area contributed by atoms with Gasteiger partial charge >= 0.3 is 5.97 Å². The molecule has 1 aromatic rings. The Morgan fingerprint density at radius 2 is 2.22 bits per heavy atom. The Morgan fingerprint density at radius 1 is 1.44 bits per heavy atom. The Kier molecular flexibility index (Phi) is 3.55. The first-order chi connectivity index (χ1) is 8.61. The number of hydrogen-bond donors (Lipinski definition) is 1. The zero-order chi connectivity index (χ0) is 13.1. The summed E-state index contributed by atoms with van der Waals surface area (Å²) in [5.41, 5.74) is -0.175. The number of aromatic nitrogens is 1. The second-order valence-corrected chi connectivity index (χ2v) is 4.19. The number of pyridine rings is 1. The standard InChI is InChI=1S/C12H13FN2O3/c13-10-8(4-3-6-14-10)11(16)15-7-2-1-5-9(15)12(17)18/h3-4,6,9H,1-2,5,7H2,(H,17,18)/t9-/m1/s1. The van der Waals surface area contributed by atoms with E-state index in [1.807, 2.05) is 0 Å². The zero-order valence-electron chi connectivity index (χ0n) is 9.67. The van der Waals surface area contributed by atoms with Gasteiger partial charge < -0.3 is 10.0 Å². The van der Waals surface area contributed by atoms with Crippen molar-refractivity contribution in [2.24, 2.45) is 0 Å². The average molecular weight is 252 g/mol. The van der Waals surface area contributed by atoms with Crippen molar-refractivity contribution in [2.45, 2.75) is 25.3 Å². The number of piperidine rings is 1. The Bertz CT molecular complexity index is 478. The first-order valence-corrected chi connectivity index (χ1v) is 5.75. The molecular formula is C12H13FN2O3. The van der Waals surface area contributed by atoms with Crippen LogP contribution in [0.3, 0.4) is 0 Å². The van der Waals surface area contributed by atoms with Crippen LogP contribution in [0.1, 0.15) is 29.6 Å². The first kappa shape index (κ1) is 12.5. The number of nitrogens with zero attached hydrogens (tertiary/aromatic N) is 2. The maximum atomic E-state index is 13.4. The van der Waals surface area contributed by atoms with Crippen LogP contribution >= 0.6 is 0 Å². The first-order valence-electron chi connectivity index (χ1n) is 5.75. The van der Waals surface area contributed by atoms with Crippen LogP contribution in [0.2, 0.25) is 0 Å². The minimum absolute atomic E-state index is 0.175. The third kappa shape index (κ3) is 2.32. The lowest BCUT2D eigenvalue weighted by molar-refractivity contribution is -0.143. The number of likely N-dealkylation sites (tertiary alicyclic amines) is 1. The van der Waals surface area contributed by atoms with Crippen LogP contribution < -0.4 is 0 Å². The number of carboxylic acids is 1. The third-order valence-corrected chi connectivity index (χ3v) is 3.04. The molecule has 6 heteroatoms. The molecule has 1 N–H and O–H groups in total. The maximum Gasteiger partial charge on any atom is 0.326 e. The Labute approximate surface area is 103 Å². The van der Waals surface area contributed by atoms with Crippen molar-refractivity contribution in [1.82, 2.24) is 9.88 Å². The van der Waals surface area contributed by atoms with Crippen LogP contribution in [-0.4, -0.2) is 39.5 Å². The van der Waals surface area contributed by atoms with Crippen LogP contribution in [0.5, 0.6) is 0 Å². The van der Waals surface area contributed by atoms with Gasteiger partial charge in [-0.3, -0.25) is 4.79 Å². The van der Waals surface area contributed by atoms with Crippen LogP contribution in [0.4, 0.5) is 4.39 Å². The largest absolute Gasteiger partial charge is 0.480 e. The summed E-state index contributed by atoms with van der Waals surface area (Å²) in [6.07, 6.45) is 3.15. The van der Waals surface area contributed by atoms with Crippen molar-refractivity contribution in [3.63, 3.8) is 0 Å². The molecule has 0 aromatic carbocycles. The fourth-order valence-electron chi connectivity index (χ4n) is 2.13. The normalized spacial score (nSPS) is 19.6. The van der Waals surface area contributed by atoms with E-state index in [4.69, 9.17) is 5.11 Å². The van der Waals surface area contributed by atoms with Gasteiger partial charge in [0.25, 0.3) is 5.91 Å². The van der Waals surface area contributed by atoms with Gasteiger partial charge in [-0.1, -0.05) is 0 Å². The molecule has 1 aromatic heterocycles. The van der Waals surface area contributed by atoms with Crippen molar-refractivity contribution in [3.05, 3.63) is 29.8 Å². The average Bonchev–Trinajstić information content (AvgIpc) is 2.38. The molecule has 1 fully saturated rings. The molecule has 96 valence electrons. The van der Waals surface area contributed by atoms with E-state index in [9.17, 15) is 14.0 Å². The maximum absolute atomic E-state index is 13.4. The smallest absolute Gasteiger partial charge is 0.326 e. The molecule has 1 aliphatic rings. The van der Waals surface area contributed by atoms with E-state index < -0.39 is 23.9 Å². The molecule has 1 atom stereocenters. The van der Waals surface area contributed by atoms with Gasteiger partial charge in [0, 0.05) is 12.7 Å². The Morgan fingerprint density at radius 3 is 2.89 bits per heavy atom. The van der Waals surface area contributed by atoms with Crippen molar-refractivity contribution in [2.75, 3.05) is 6.54 Å². The lowest BCUT2D eigenvalue weighted by Gasteiger charge is -2.32. The Balaban J connectivity index is 2.27. The van der Waals surface area contributed by atoms with Gasteiger partial charge in [0.1, 0.15) is 6.04 Å². The van der Waals surface area contributed by atoms with Crippen LogP contribution in [0.15, 0.2) is 18.3 Å². The summed E-state index contributed by atoms with van der Waals surface area (Å²) >= 11 is 0. The van der Waals surface area contributed by atoms with Crippen molar-refractivity contribution in [1.29, 1.82) is 0 Å². The topological polar surface area (TPSA) is 70.5 Å². The van der Waals surface area contributed by atoms with Crippen molar-refractivity contribution >= 4 is 11.9 Å². The van der Waals surface area contributed by atoms with Gasteiger partial charge in [-0.15, -0.1) is 0 Å². The lowest BCUT2D eigenvalue weighted by atomic mass is 10.0. The molecule has 0 spiro atoms. The fourth-order valence-corrected chi connectivity index (χ4v) is 2.13. The zero-order valence-corrected chi connectivity index (χ0v) is 9.67. The number of halogens is 1. The highest BCUT2D eigenvalue weighted by Crippen LogP contribution is 2.20. The molecule has 1 aliphatic heterocycles. The fraction of sp³-hybridized carbons (Fsp3) is 0.417. The number of carbonyl (C=O) groups excluding carboxylic acids is 1. The van der Waals surface area contributed by atoms with E-state index in [-0.39, 0.29) is 5.56 Å². The number of carboxylic acid groups (broad SMARTS) is 1. The van der Waals surface area contributed by atoms with Crippen LogP contribution in [0.25, 0.3) is 0 Å². The van der Waals surface area contributed by atoms with E-state index in [2.05, 4.69) is 4.98 Å². The van der Waals surface area contributed by atoms with Gasteiger partial charge in [0.05, 0.1) is 5.56 Å². The molecule has 0 saturated carbocycles. The van der Waals surface area contributed by atoms with E-state index in [1.165, 1.54) is 23.2 Å². The summed E-state index contributed by atoms with van der Waals surface area (Å²) < 4.78 is 13.4.